The lowest BCUT2D eigenvalue weighted by Gasteiger charge is -2.38. The highest BCUT2D eigenvalue weighted by Crippen LogP contribution is 2.31. The molecule has 3 N–H and O–H groups in total. The van der Waals surface area contributed by atoms with Gasteiger partial charge < -0.3 is 35.2 Å². The highest BCUT2D eigenvalue weighted by atomic mass is 16.5. The monoisotopic (exact) mass is 539 g/mol. The number of aliphatic hydroxyl groups excluding tert-OH is 1. The number of rotatable bonds is 10. The number of hydrogen-bond donors (Lipinski definition) is 3. The number of fused-ring (bicyclic) bond motifs is 1. The molecule has 3 rings (SSSR count). The first kappa shape index (κ1) is 29.9. The topological polar surface area (TPSA) is 114 Å². The molecule has 1 aliphatic heterocycles. The van der Waals surface area contributed by atoms with Gasteiger partial charge in [0.15, 0.2) is 0 Å². The summed E-state index contributed by atoms with van der Waals surface area (Å²) in [5.41, 5.74) is 1.49. The van der Waals surface area contributed by atoms with Crippen molar-refractivity contribution >= 4 is 29.2 Å². The molecular weight excluding hydrogens is 498 g/mol. The van der Waals surface area contributed by atoms with E-state index in [0.717, 1.165) is 13.0 Å². The zero-order chi connectivity index (χ0) is 28.5. The Balaban J connectivity index is 1.81. The number of carbonyl (C=O) groups is 3. The molecule has 0 saturated carbocycles. The highest BCUT2D eigenvalue weighted by Gasteiger charge is 2.34. The van der Waals surface area contributed by atoms with Crippen molar-refractivity contribution in [3.05, 3.63) is 54.1 Å². The molecule has 3 atom stereocenters. The van der Waals surface area contributed by atoms with Crippen LogP contribution in [0, 0.1) is 5.92 Å². The summed E-state index contributed by atoms with van der Waals surface area (Å²) in [5, 5.41) is 15.6. The van der Waals surface area contributed by atoms with Crippen LogP contribution >= 0.6 is 0 Å². The predicted octanol–water partition coefficient (Wildman–Crippen LogP) is 3.35. The van der Waals surface area contributed by atoms with E-state index in [9.17, 15) is 19.5 Å². The van der Waals surface area contributed by atoms with E-state index in [1.165, 1.54) is 0 Å². The van der Waals surface area contributed by atoms with Crippen molar-refractivity contribution < 1.29 is 24.2 Å². The van der Waals surface area contributed by atoms with Gasteiger partial charge >= 0.3 is 6.03 Å². The molecule has 0 saturated heterocycles. The number of ether oxygens (including phenoxy) is 1. The van der Waals surface area contributed by atoms with Crippen LogP contribution in [0.4, 0.5) is 16.2 Å². The predicted molar refractivity (Wildman–Crippen MR) is 152 cm³/mol. The van der Waals surface area contributed by atoms with Crippen LogP contribution in [-0.2, 0) is 4.79 Å². The van der Waals surface area contributed by atoms with Gasteiger partial charge in [-0.2, -0.15) is 0 Å². The van der Waals surface area contributed by atoms with E-state index in [4.69, 9.17) is 4.74 Å². The summed E-state index contributed by atoms with van der Waals surface area (Å²) >= 11 is 0. The van der Waals surface area contributed by atoms with Crippen molar-refractivity contribution in [2.45, 2.75) is 38.8 Å². The van der Waals surface area contributed by atoms with Crippen molar-refractivity contribution in [2.75, 3.05) is 58.0 Å². The molecule has 0 unspecified atom stereocenters. The third-order valence-corrected chi connectivity index (χ3v) is 6.78. The smallest absolute Gasteiger partial charge is 0.321 e. The molecule has 0 aromatic heterocycles. The molecular formula is C29H41N5O5. The maximum Gasteiger partial charge on any atom is 0.321 e. The summed E-state index contributed by atoms with van der Waals surface area (Å²) in [5.74, 6) is -0.182. The fraction of sp³-hybridized carbons (Fsp3) is 0.483. The van der Waals surface area contributed by atoms with E-state index in [0.29, 0.717) is 35.7 Å². The molecule has 1 aliphatic rings. The van der Waals surface area contributed by atoms with Crippen LogP contribution in [0.1, 0.15) is 37.0 Å². The van der Waals surface area contributed by atoms with Crippen molar-refractivity contribution in [2.24, 2.45) is 5.92 Å². The summed E-state index contributed by atoms with van der Waals surface area (Å²) in [6.45, 7) is 4.97. The Bertz CT molecular complexity index is 1130. The van der Waals surface area contributed by atoms with Crippen LogP contribution in [0.25, 0.3) is 0 Å². The van der Waals surface area contributed by atoms with Gasteiger partial charge in [0.1, 0.15) is 11.9 Å². The summed E-state index contributed by atoms with van der Waals surface area (Å²) in [4.78, 5) is 44.1. The number of carbonyl (C=O) groups excluding carboxylic acids is 3. The summed E-state index contributed by atoms with van der Waals surface area (Å²) in [6.07, 6.45) is 0.659. The minimum atomic E-state index is -0.428. The number of aliphatic hydroxyl groups is 1. The maximum absolute atomic E-state index is 13.6. The molecule has 0 aliphatic carbocycles. The molecule has 0 bridgehead atoms. The number of nitrogens with zero attached hydrogens (tertiary/aromatic N) is 3. The SMILES string of the molecule is C[C@@H]1CN([C@H](C)CO)C(=O)c2cc(NC(=O)CCCN(C)C)ccc2O[C@@H]1CN(C)C(=O)Nc1ccccc1. The van der Waals surface area contributed by atoms with Gasteiger partial charge in [-0.05, 0) is 64.3 Å². The molecule has 2 aromatic carbocycles. The average Bonchev–Trinajstić information content (AvgIpc) is 2.90. The summed E-state index contributed by atoms with van der Waals surface area (Å²) in [7, 11) is 5.61. The third-order valence-electron chi connectivity index (χ3n) is 6.78. The van der Waals surface area contributed by atoms with Crippen molar-refractivity contribution in [3.8, 4) is 5.75 Å². The van der Waals surface area contributed by atoms with Crippen LogP contribution < -0.4 is 15.4 Å². The van der Waals surface area contributed by atoms with Crippen LogP contribution in [0.3, 0.4) is 0 Å². The minimum Gasteiger partial charge on any atom is -0.487 e. The molecule has 0 radical (unpaired) electrons. The number of anilines is 2. The fourth-order valence-electron chi connectivity index (χ4n) is 4.39. The van der Waals surface area contributed by atoms with E-state index >= 15 is 0 Å². The van der Waals surface area contributed by atoms with Gasteiger partial charge in [0.05, 0.1) is 24.8 Å². The normalized spacial score (nSPS) is 17.9. The van der Waals surface area contributed by atoms with Gasteiger partial charge in [0, 0.05) is 37.3 Å². The summed E-state index contributed by atoms with van der Waals surface area (Å²) in [6, 6.07) is 13.5. The third kappa shape index (κ3) is 8.43. The fourth-order valence-corrected chi connectivity index (χ4v) is 4.39. The number of nitrogens with one attached hydrogen (secondary N) is 2. The van der Waals surface area contributed by atoms with Crippen LogP contribution in [0.5, 0.6) is 5.75 Å². The number of likely N-dealkylation sites (N-methyl/N-ethyl adjacent to an activating group) is 1. The second-order valence-electron chi connectivity index (χ2n) is 10.5. The number of hydrogen-bond acceptors (Lipinski definition) is 6. The lowest BCUT2D eigenvalue weighted by Crippen LogP contribution is -2.50. The average molecular weight is 540 g/mol. The first-order valence-electron chi connectivity index (χ1n) is 13.3. The van der Waals surface area contributed by atoms with E-state index in [2.05, 4.69) is 10.6 Å². The number of para-hydroxylation sites is 1. The van der Waals surface area contributed by atoms with Crippen LogP contribution in [0.2, 0.25) is 0 Å². The molecule has 4 amide bonds. The van der Waals surface area contributed by atoms with Gasteiger partial charge in [-0.3, -0.25) is 9.59 Å². The van der Waals surface area contributed by atoms with Crippen LogP contribution in [0.15, 0.2) is 48.5 Å². The second kappa shape index (κ2) is 14.0. The maximum atomic E-state index is 13.6. The Hall–Kier alpha value is -3.63. The Morgan fingerprint density at radius 2 is 1.82 bits per heavy atom. The van der Waals surface area contributed by atoms with Crippen molar-refractivity contribution in [3.63, 3.8) is 0 Å². The van der Waals surface area contributed by atoms with Crippen molar-refractivity contribution in [1.82, 2.24) is 14.7 Å². The van der Waals surface area contributed by atoms with E-state index in [1.807, 2.05) is 56.3 Å². The zero-order valence-electron chi connectivity index (χ0n) is 23.5. The quantitative estimate of drug-likeness (QED) is 0.427. The molecule has 10 nitrogen and oxygen atoms in total. The Labute approximate surface area is 230 Å². The van der Waals surface area contributed by atoms with Crippen molar-refractivity contribution in [1.29, 1.82) is 0 Å². The van der Waals surface area contributed by atoms with Gasteiger partial charge in [0.25, 0.3) is 5.91 Å². The number of urea groups is 1. The van der Waals surface area contributed by atoms with Crippen LogP contribution in [-0.4, -0.2) is 97.2 Å². The number of benzene rings is 2. The first-order chi connectivity index (χ1) is 18.6. The van der Waals surface area contributed by atoms with E-state index in [1.54, 1.807) is 42.0 Å². The second-order valence-corrected chi connectivity index (χ2v) is 10.5. The standard InChI is InChI=1S/C29H41N5O5/c1-20-17-34(21(2)19-35)28(37)24-16-23(30-27(36)12-9-15-32(3)4)13-14-25(24)39-26(20)18-33(5)29(38)31-22-10-7-6-8-11-22/h6-8,10-11,13-14,16,20-21,26,35H,9,12,15,17-19H2,1-5H3,(H,30,36)(H,31,38)/t20-,21-,26-/m1/s1. The number of amides is 4. The molecule has 39 heavy (non-hydrogen) atoms. The van der Waals surface area contributed by atoms with E-state index in [-0.39, 0.29) is 36.9 Å². The van der Waals surface area contributed by atoms with Gasteiger partial charge in [0.2, 0.25) is 5.91 Å². The summed E-state index contributed by atoms with van der Waals surface area (Å²) < 4.78 is 6.35. The first-order valence-corrected chi connectivity index (χ1v) is 13.3. The van der Waals surface area contributed by atoms with Gasteiger partial charge in [-0.15, -0.1) is 0 Å². The molecule has 2 aromatic rings. The van der Waals surface area contributed by atoms with Gasteiger partial charge in [-0.1, -0.05) is 25.1 Å². The Morgan fingerprint density at radius 3 is 2.49 bits per heavy atom. The van der Waals surface area contributed by atoms with Gasteiger partial charge in [-0.25, -0.2) is 4.79 Å². The molecule has 1 heterocycles. The molecule has 10 heteroatoms. The Kier molecular flexibility index (Phi) is 10.7. The molecule has 0 fully saturated rings. The lowest BCUT2D eigenvalue weighted by molar-refractivity contribution is -0.116. The lowest BCUT2D eigenvalue weighted by atomic mass is 9.99. The minimum absolute atomic E-state index is 0.130. The molecule has 0 spiro atoms. The largest absolute Gasteiger partial charge is 0.487 e. The Morgan fingerprint density at radius 1 is 1.10 bits per heavy atom. The molecule has 212 valence electrons. The zero-order valence-corrected chi connectivity index (χ0v) is 23.5. The highest BCUT2D eigenvalue weighted by molar-refractivity contribution is 6.00. The van der Waals surface area contributed by atoms with E-state index < -0.39 is 12.1 Å².